The van der Waals surface area contributed by atoms with Crippen LogP contribution in [0.4, 0.5) is 17.6 Å². The van der Waals surface area contributed by atoms with Crippen LogP contribution in [0.1, 0.15) is 64.5 Å². The van der Waals surface area contributed by atoms with E-state index in [0.717, 1.165) is 50.7 Å². The van der Waals surface area contributed by atoms with Crippen LogP contribution in [-0.4, -0.2) is 19.3 Å². The van der Waals surface area contributed by atoms with Crippen molar-refractivity contribution in [1.82, 2.24) is 10.6 Å². The molecule has 0 radical (unpaired) electrons. The van der Waals surface area contributed by atoms with E-state index in [1.54, 1.807) is 13.0 Å². The zero-order valence-corrected chi connectivity index (χ0v) is 25.4. The quantitative estimate of drug-likeness (QED) is 0.153. The standard InChI is InChI=1S/C18H24N2.C9H11F.C3H5F3.C3H4.C2H4/c1-13-6-5-7-17(10-13)14(2)11-15(3)20-16(4)18-8-9-19-12-18;1-2-8-4-3-5-9(10)7-6-8;1-2-3(4,5)6;1-3-2;1-2/h5-7,10-11,18-20H,3-4,8-9,12H2,1-2H3;4-7H,2-3H2,1H3;2H2,1H3;1H,2H3;1-2H2/b14-11+;;;;/t18-;;;;/m1..../s1. The SMILES string of the molecule is C#CC.C=C.C=C(/C=C(\C)c1cccc(C)c1)NC(=C)[C@@H]1CCNC1.CCC(F)(F)F.CCC1=CCC=C(F)C=C1. The topological polar surface area (TPSA) is 24.1 Å². The smallest absolute Gasteiger partial charge is 0.360 e. The van der Waals surface area contributed by atoms with Gasteiger partial charge in [0.2, 0.25) is 0 Å². The molecule has 2 nitrogen and oxygen atoms in total. The summed E-state index contributed by atoms with van der Waals surface area (Å²) in [7, 11) is 0. The van der Waals surface area contributed by atoms with Crippen LogP contribution in [0.5, 0.6) is 0 Å². The molecule has 41 heavy (non-hydrogen) atoms. The zero-order valence-electron chi connectivity index (χ0n) is 25.4. The number of hydrogen-bond donors (Lipinski definition) is 2. The van der Waals surface area contributed by atoms with Gasteiger partial charge in [0.15, 0.2) is 0 Å². The fourth-order valence-corrected chi connectivity index (χ4v) is 3.44. The van der Waals surface area contributed by atoms with Gasteiger partial charge in [0.25, 0.3) is 0 Å². The van der Waals surface area contributed by atoms with Crippen LogP contribution < -0.4 is 10.6 Å². The normalized spacial score (nSPS) is 15.6. The summed E-state index contributed by atoms with van der Waals surface area (Å²) in [6, 6.07) is 8.51. The molecule has 1 aliphatic carbocycles. The van der Waals surface area contributed by atoms with Crippen molar-refractivity contribution in [3.8, 4) is 12.3 Å². The lowest BCUT2D eigenvalue weighted by molar-refractivity contribution is -0.130. The highest BCUT2D eigenvalue weighted by molar-refractivity contribution is 5.66. The molecule has 3 rings (SSSR count). The molecular weight excluding hydrogens is 524 g/mol. The lowest BCUT2D eigenvalue weighted by atomic mass is 10.0. The predicted octanol–water partition coefficient (Wildman–Crippen LogP) is 10.2. The Bertz CT molecular complexity index is 1080. The highest BCUT2D eigenvalue weighted by Crippen LogP contribution is 2.19. The van der Waals surface area contributed by atoms with Gasteiger partial charge in [-0.15, -0.1) is 25.5 Å². The predicted molar refractivity (Wildman–Crippen MR) is 171 cm³/mol. The Hall–Kier alpha value is -3.56. The summed E-state index contributed by atoms with van der Waals surface area (Å²) in [5.41, 5.74) is 6.90. The van der Waals surface area contributed by atoms with Gasteiger partial charge in [-0.1, -0.05) is 74.6 Å². The number of terminal acetylenes is 1. The molecule has 0 bridgehead atoms. The molecule has 0 amide bonds. The summed E-state index contributed by atoms with van der Waals surface area (Å²) >= 11 is 0. The van der Waals surface area contributed by atoms with Crippen LogP contribution in [-0.2, 0) is 0 Å². The van der Waals surface area contributed by atoms with E-state index in [4.69, 9.17) is 0 Å². The number of rotatable bonds is 6. The van der Waals surface area contributed by atoms with Crippen LogP contribution in [0, 0.1) is 25.2 Å². The molecule has 1 heterocycles. The maximum atomic E-state index is 12.5. The maximum Gasteiger partial charge on any atom is 0.388 e. The second-order valence-electron chi connectivity index (χ2n) is 9.11. The molecule has 0 unspecified atom stereocenters. The zero-order chi connectivity index (χ0) is 31.8. The second-order valence-corrected chi connectivity index (χ2v) is 9.11. The van der Waals surface area contributed by atoms with E-state index in [1.165, 1.54) is 28.3 Å². The average Bonchev–Trinajstić information content (AvgIpc) is 3.40. The van der Waals surface area contributed by atoms with Crippen molar-refractivity contribution < 1.29 is 17.6 Å². The third kappa shape index (κ3) is 20.9. The number of allylic oxidation sites excluding steroid dienone is 8. The van der Waals surface area contributed by atoms with Crippen molar-refractivity contribution in [3.63, 3.8) is 0 Å². The van der Waals surface area contributed by atoms with Crippen LogP contribution in [0.15, 0.2) is 104 Å². The van der Waals surface area contributed by atoms with Crippen molar-refractivity contribution in [2.75, 3.05) is 13.1 Å². The molecule has 1 aliphatic heterocycles. The number of nitrogens with one attached hydrogen (secondary N) is 2. The number of benzene rings is 1. The maximum absolute atomic E-state index is 12.5. The van der Waals surface area contributed by atoms with Crippen molar-refractivity contribution in [2.24, 2.45) is 5.92 Å². The molecule has 1 saturated heterocycles. The summed E-state index contributed by atoms with van der Waals surface area (Å²) in [5, 5.41) is 6.69. The van der Waals surface area contributed by atoms with Gasteiger partial charge in [-0.05, 0) is 75.9 Å². The largest absolute Gasteiger partial charge is 0.388 e. The van der Waals surface area contributed by atoms with Crippen molar-refractivity contribution in [3.05, 3.63) is 115 Å². The summed E-state index contributed by atoms with van der Waals surface area (Å²) in [6.07, 6.45) is 11.8. The molecule has 1 aromatic rings. The Balaban J connectivity index is 0. The van der Waals surface area contributed by atoms with Gasteiger partial charge < -0.3 is 10.6 Å². The molecule has 0 spiro atoms. The molecule has 0 saturated carbocycles. The lowest BCUT2D eigenvalue weighted by Gasteiger charge is -2.15. The summed E-state index contributed by atoms with van der Waals surface area (Å²) in [6.45, 7) is 25.3. The van der Waals surface area contributed by atoms with Crippen molar-refractivity contribution in [2.45, 2.75) is 66.5 Å². The van der Waals surface area contributed by atoms with E-state index < -0.39 is 12.6 Å². The van der Waals surface area contributed by atoms with Gasteiger partial charge >= 0.3 is 6.18 Å². The fourth-order valence-electron chi connectivity index (χ4n) is 3.44. The molecule has 1 aromatic carbocycles. The van der Waals surface area contributed by atoms with Gasteiger partial charge in [0.1, 0.15) is 5.83 Å². The van der Waals surface area contributed by atoms with E-state index in [1.807, 2.05) is 12.2 Å². The third-order valence-corrected chi connectivity index (χ3v) is 5.70. The number of halogens is 4. The lowest BCUT2D eigenvalue weighted by Crippen LogP contribution is -2.20. The van der Waals surface area contributed by atoms with Crippen LogP contribution in [0.3, 0.4) is 0 Å². The van der Waals surface area contributed by atoms with Gasteiger partial charge in [-0.3, -0.25) is 0 Å². The summed E-state index contributed by atoms with van der Waals surface area (Å²) in [4.78, 5) is 0. The first kappa shape index (κ1) is 39.6. The molecule has 1 fully saturated rings. The minimum absolute atomic E-state index is 0.125. The van der Waals surface area contributed by atoms with Crippen LogP contribution in [0.25, 0.3) is 5.57 Å². The van der Waals surface area contributed by atoms with Crippen LogP contribution in [0.2, 0.25) is 0 Å². The molecule has 226 valence electrons. The fraction of sp³-hybridized carbons (Fsp3) is 0.371. The average molecular weight is 573 g/mol. The first-order valence-electron chi connectivity index (χ1n) is 13.6. The molecule has 1 atom stereocenters. The molecule has 0 aromatic heterocycles. The Morgan fingerprint density at radius 2 is 1.78 bits per heavy atom. The first-order valence-corrected chi connectivity index (χ1v) is 13.6. The Morgan fingerprint density at radius 3 is 2.27 bits per heavy atom. The van der Waals surface area contributed by atoms with E-state index in [2.05, 4.69) is 100 Å². The monoisotopic (exact) mass is 572 g/mol. The number of hydrogen-bond acceptors (Lipinski definition) is 2. The second kappa shape index (κ2) is 23.2. The minimum atomic E-state index is -3.96. The number of aryl methyl sites for hydroxylation is 1. The molecular formula is C35H48F4N2. The van der Waals surface area contributed by atoms with Gasteiger partial charge in [-0.2, -0.15) is 13.2 Å². The highest BCUT2D eigenvalue weighted by Gasteiger charge is 2.22. The van der Waals surface area contributed by atoms with E-state index in [0.29, 0.717) is 5.92 Å². The van der Waals surface area contributed by atoms with Gasteiger partial charge in [-0.25, -0.2) is 4.39 Å². The Kier molecular flexibility index (Phi) is 22.4. The number of alkyl halides is 3. The highest BCUT2D eigenvalue weighted by atomic mass is 19.4. The molecule has 2 N–H and O–H groups in total. The van der Waals surface area contributed by atoms with E-state index >= 15 is 0 Å². The molecule has 2 aliphatic rings. The summed E-state index contributed by atoms with van der Waals surface area (Å²) in [5.74, 6) is 2.64. The van der Waals surface area contributed by atoms with E-state index in [9.17, 15) is 17.6 Å². The van der Waals surface area contributed by atoms with Gasteiger partial charge in [0, 0.05) is 30.3 Å². The summed E-state index contributed by atoms with van der Waals surface area (Å²) < 4.78 is 44.8. The first-order chi connectivity index (χ1) is 19.4. The van der Waals surface area contributed by atoms with E-state index in [-0.39, 0.29) is 5.83 Å². The van der Waals surface area contributed by atoms with Gasteiger partial charge in [0.05, 0.1) is 0 Å². The Labute approximate surface area is 246 Å². The minimum Gasteiger partial charge on any atom is -0.360 e. The van der Waals surface area contributed by atoms with Crippen LogP contribution >= 0.6 is 0 Å². The van der Waals surface area contributed by atoms with Crippen molar-refractivity contribution >= 4 is 5.57 Å². The third-order valence-electron chi connectivity index (χ3n) is 5.70. The molecule has 6 heteroatoms. The Morgan fingerprint density at radius 1 is 1.17 bits per heavy atom. The van der Waals surface area contributed by atoms with Crippen molar-refractivity contribution in [1.29, 1.82) is 0 Å².